The number of ether oxygens (including phenoxy) is 1. The van der Waals surface area contributed by atoms with Gasteiger partial charge in [0.1, 0.15) is 5.75 Å². The number of amides is 1. The first-order valence-electron chi connectivity index (χ1n) is 7.69. The van der Waals surface area contributed by atoms with Crippen LogP contribution in [0.1, 0.15) is 17.5 Å². The van der Waals surface area contributed by atoms with E-state index in [9.17, 15) is 13.6 Å². The summed E-state index contributed by atoms with van der Waals surface area (Å²) in [5, 5.41) is 3.76. The number of nitrogens with one attached hydrogen (secondary N) is 1. The first kappa shape index (κ1) is 19.5. The van der Waals surface area contributed by atoms with Crippen molar-refractivity contribution in [2.45, 2.75) is 25.9 Å². The third kappa shape index (κ3) is 6.52. The van der Waals surface area contributed by atoms with Crippen LogP contribution in [0.5, 0.6) is 5.75 Å². The summed E-state index contributed by atoms with van der Waals surface area (Å²) in [6.07, 6.45) is 1.41. The molecule has 0 saturated heterocycles. The maximum Gasteiger partial charge on any atom is 0.387 e. The highest BCUT2D eigenvalue weighted by molar-refractivity contribution is 6.42. The van der Waals surface area contributed by atoms with E-state index in [-0.39, 0.29) is 11.7 Å². The van der Waals surface area contributed by atoms with Gasteiger partial charge in [0, 0.05) is 13.0 Å². The molecule has 0 bridgehead atoms. The zero-order valence-electron chi connectivity index (χ0n) is 13.3. The highest BCUT2D eigenvalue weighted by Crippen LogP contribution is 2.26. The fraction of sp³-hybridized carbons (Fsp3) is 0.278. The van der Waals surface area contributed by atoms with E-state index in [0.717, 1.165) is 11.1 Å². The van der Waals surface area contributed by atoms with Crippen LogP contribution in [0.25, 0.3) is 0 Å². The highest BCUT2D eigenvalue weighted by Gasteiger charge is 2.08. The van der Waals surface area contributed by atoms with Crippen LogP contribution in [0.4, 0.5) is 8.78 Å². The SMILES string of the molecule is O=C(CCc1cccc(Cl)c1Cl)NCCc1ccc(OC(F)F)cc1. The number of alkyl halides is 2. The molecule has 0 aliphatic carbocycles. The molecule has 0 fully saturated rings. The van der Waals surface area contributed by atoms with Crippen molar-refractivity contribution >= 4 is 29.1 Å². The summed E-state index contributed by atoms with van der Waals surface area (Å²) in [5.41, 5.74) is 1.75. The van der Waals surface area contributed by atoms with Crippen LogP contribution in [-0.4, -0.2) is 19.1 Å². The Labute approximate surface area is 154 Å². The minimum atomic E-state index is -2.84. The molecule has 0 heterocycles. The molecule has 0 unspecified atom stereocenters. The Balaban J connectivity index is 1.72. The number of benzene rings is 2. The Hall–Kier alpha value is -1.85. The molecule has 0 aromatic heterocycles. The Bertz CT molecular complexity index is 709. The largest absolute Gasteiger partial charge is 0.435 e. The molecule has 0 radical (unpaired) electrons. The molecule has 2 aromatic rings. The molecule has 0 aliphatic rings. The lowest BCUT2D eigenvalue weighted by atomic mass is 10.1. The molecule has 1 N–H and O–H groups in total. The number of hydrogen-bond acceptors (Lipinski definition) is 2. The second kappa shape index (κ2) is 9.59. The van der Waals surface area contributed by atoms with E-state index < -0.39 is 6.61 Å². The molecular formula is C18H17Cl2F2NO2. The maximum atomic E-state index is 12.1. The molecule has 2 aromatic carbocycles. The summed E-state index contributed by atoms with van der Waals surface area (Å²) < 4.78 is 28.4. The molecule has 0 atom stereocenters. The van der Waals surface area contributed by atoms with Crippen LogP contribution < -0.4 is 10.1 Å². The van der Waals surface area contributed by atoms with Crippen molar-refractivity contribution in [1.29, 1.82) is 0 Å². The smallest absolute Gasteiger partial charge is 0.387 e. The van der Waals surface area contributed by atoms with Gasteiger partial charge < -0.3 is 10.1 Å². The van der Waals surface area contributed by atoms with Crippen molar-refractivity contribution in [3.63, 3.8) is 0 Å². The maximum absolute atomic E-state index is 12.1. The van der Waals surface area contributed by atoms with Crippen molar-refractivity contribution in [3.05, 3.63) is 63.6 Å². The van der Waals surface area contributed by atoms with Crippen LogP contribution in [0.3, 0.4) is 0 Å². The second-order valence-corrected chi connectivity index (χ2v) is 6.12. The summed E-state index contributed by atoms with van der Waals surface area (Å²) in [6.45, 7) is -2.38. The summed E-state index contributed by atoms with van der Waals surface area (Å²) in [4.78, 5) is 11.9. The molecule has 25 heavy (non-hydrogen) atoms. The zero-order chi connectivity index (χ0) is 18.2. The number of carbonyl (C=O) groups excluding carboxylic acids is 1. The Morgan fingerprint density at radius 3 is 2.48 bits per heavy atom. The average molecular weight is 388 g/mol. The number of halogens is 4. The standard InChI is InChI=1S/C18H17Cl2F2NO2/c19-15-3-1-2-13(17(15)20)6-9-16(24)23-11-10-12-4-7-14(8-5-12)25-18(21)22/h1-5,7-8,18H,6,9-11H2,(H,23,24). The minimum Gasteiger partial charge on any atom is -0.435 e. The molecule has 134 valence electrons. The van der Waals surface area contributed by atoms with E-state index in [1.54, 1.807) is 24.3 Å². The van der Waals surface area contributed by atoms with Gasteiger partial charge in [-0.15, -0.1) is 0 Å². The fourth-order valence-corrected chi connectivity index (χ4v) is 2.68. The van der Waals surface area contributed by atoms with E-state index in [0.29, 0.717) is 35.9 Å². The van der Waals surface area contributed by atoms with Crippen molar-refractivity contribution in [1.82, 2.24) is 5.32 Å². The quantitative estimate of drug-likeness (QED) is 0.700. The predicted molar refractivity (Wildman–Crippen MR) is 94.6 cm³/mol. The number of rotatable bonds is 8. The minimum absolute atomic E-state index is 0.0892. The molecule has 0 saturated carbocycles. The van der Waals surface area contributed by atoms with Crippen LogP contribution in [0.2, 0.25) is 10.0 Å². The van der Waals surface area contributed by atoms with Gasteiger partial charge in [0.15, 0.2) is 0 Å². The van der Waals surface area contributed by atoms with Crippen LogP contribution in [0.15, 0.2) is 42.5 Å². The van der Waals surface area contributed by atoms with Gasteiger partial charge in [0.25, 0.3) is 0 Å². The molecular weight excluding hydrogens is 371 g/mol. The molecule has 3 nitrogen and oxygen atoms in total. The van der Waals surface area contributed by atoms with Crippen LogP contribution in [0, 0.1) is 0 Å². The van der Waals surface area contributed by atoms with Gasteiger partial charge in [0.05, 0.1) is 10.0 Å². The van der Waals surface area contributed by atoms with E-state index in [4.69, 9.17) is 23.2 Å². The zero-order valence-corrected chi connectivity index (χ0v) is 14.8. The van der Waals surface area contributed by atoms with Gasteiger partial charge in [-0.05, 0) is 42.2 Å². The lowest BCUT2D eigenvalue weighted by Gasteiger charge is -2.08. The van der Waals surface area contributed by atoms with Gasteiger partial charge in [0.2, 0.25) is 5.91 Å². The van der Waals surface area contributed by atoms with E-state index in [1.807, 2.05) is 6.07 Å². The predicted octanol–water partition coefficient (Wildman–Crippen LogP) is 4.89. The van der Waals surface area contributed by atoms with Gasteiger partial charge in [-0.1, -0.05) is 47.5 Å². The van der Waals surface area contributed by atoms with Crippen molar-refractivity contribution in [2.24, 2.45) is 0 Å². The Morgan fingerprint density at radius 1 is 1.08 bits per heavy atom. The van der Waals surface area contributed by atoms with Gasteiger partial charge in [-0.3, -0.25) is 4.79 Å². The Kier molecular flexibility index (Phi) is 7.47. The summed E-state index contributed by atoms with van der Waals surface area (Å²) in [7, 11) is 0. The van der Waals surface area contributed by atoms with Gasteiger partial charge >= 0.3 is 6.61 Å². The molecule has 0 spiro atoms. The van der Waals surface area contributed by atoms with Crippen molar-refractivity contribution < 1.29 is 18.3 Å². The van der Waals surface area contributed by atoms with Gasteiger partial charge in [-0.2, -0.15) is 8.78 Å². The topological polar surface area (TPSA) is 38.3 Å². The second-order valence-electron chi connectivity index (χ2n) is 5.34. The molecule has 7 heteroatoms. The monoisotopic (exact) mass is 387 g/mol. The number of hydrogen-bond donors (Lipinski definition) is 1. The first-order valence-corrected chi connectivity index (χ1v) is 8.44. The van der Waals surface area contributed by atoms with E-state index in [2.05, 4.69) is 10.1 Å². The number of carbonyl (C=O) groups is 1. The lowest BCUT2D eigenvalue weighted by Crippen LogP contribution is -2.25. The fourth-order valence-electron chi connectivity index (χ4n) is 2.26. The molecule has 1 amide bonds. The van der Waals surface area contributed by atoms with Crippen LogP contribution >= 0.6 is 23.2 Å². The highest BCUT2D eigenvalue weighted by atomic mass is 35.5. The third-order valence-corrected chi connectivity index (χ3v) is 4.40. The van der Waals surface area contributed by atoms with Crippen molar-refractivity contribution in [2.75, 3.05) is 6.54 Å². The molecule has 2 rings (SSSR count). The van der Waals surface area contributed by atoms with Crippen molar-refractivity contribution in [3.8, 4) is 5.75 Å². The normalized spacial score (nSPS) is 10.8. The van der Waals surface area contributed by atoms with Gasteiger partial charge in [-0.25, -0.2) is 0 Å². The summed E-state index contributed by atoms with van der Waals surface area (Å²) >= 11 is 12.0. The summed E-state index contributed by atoms with van der Waals surface area (Å²) in [6, 6.07) is 11.7. The summed E-state index contributed by atoms with van der Waals surface area (Å²) in [5.74, 6) is 0.0230. The number of aryl methyl sites for hydroxylation is 1. The van der Waals surface area contributed by atoms with Crippen LogP contribution in [-0.2, 0) is 17.6 Å². The average Bonchev–Trinajstić information content (AvgIpc) is 2.57. The first-order chi connectivity index (χ1) is 12.0. The van der Waals surface area contributed by atoms with E-state index >= 15 is 0 Å². The Morgan fingerprint density at radius 2 is 1.80 bits per heavy atom. The van der Waals surface area contributed by atoms with E-state index in [1.165, 1.54) is 12.1 Å². The molecule has 0 aliphatic heterocycles. The lowest BCUT2D eigenvalue weighted by molar-refractivity contribution is -0.121. The third-order valence-electron chi connectivity index (χ3n) is 3.54.